The first-order valence-corrected chi connectivity index (χ1v) is 6.51. The van der Waals surface area contributed by atoms with Crippen molar-refractivity contribution >= 4 is 12.6 Å². The number of nitrogens with zero attached hydrogens (tertiary/aromatic N) is 2. The van der Waals surface area contributed by atoms with Crippen molar-refractivity contribution in [3.8, 4) is 0 Å². The number of fused-ring (bicyclic) bond motifs is 2. The molecule has 2 saturated heterocycles. The molecule has 19 heavy (non-hydrogen) atoms. The highest BCUT2D eigenvalue weighted by molar-refractivity contribution is 5.68. The monoisotopic (exact) mass is 270 g/mol. The minimum absolute atomic E-state index is 0.0115. The Morgan fingerprint density at radius 3 is 2.58 bits per heavy atom. The van der Waals surface area contributed by atoms with Gasteiger partial charge in [0, 0.05) is 18.0 Å². The molecule has 2 fully saturated rings. The van der Waals surface area contributed by atoms with E-state index in [1.165, 1.54) is 7.11 Å². The molecule has 0 saturated carbocycles. The van der Waals surface area contributed by atoms with Crippen molar-refractivity contribution < 1.29 is 19.1 Å². The van der Waals surface area contributed by atoms with Crippen molar-refractivity contribution in [1.29, 1.82) is 0 Å². The van der Waals surface area contributed by atoms with E-state index in [9.17, 15) is 9.59 Å². The van der Waals surface area contributed by atoms with Crippen LogP contribution in [0, 0.1) is 5.92 Å². The van der Waals surface area contributed by atoms with E-state index in [0.717, 1.165) is 6.42 Å². The molecule has 3 atom stereocenters. The summed E-state index contributed by atoms with van der Waals surface area (Å²) >= 11 is 0. The highest BCUT2D eigenvalue weighted by atomic mass is 16.6. The van der Waals surface area contributed by atoms with Gasteiger partial charge in [0.05, 0.1) is 13.2 Å². The molecule has 0 aliphatic carbocycles. The molecule has 1 unspecified atom stereocenters. The molecule has 0 aromatic heterocycles. The first-order valence-electron chi connectivity index (χ1n) is 6.51. The molecule has 2 bridgehead atoms. The number of ether oxygens (including phenoxy) is 2. The number of carbonyl (C=O) groups excluding carboxylic acids is 2. The van der Waals surface area contributed by atoms with Crippen molar-refractivity contribution in [3.63, 3.8) is 0 Å². The van der Waals surface area contributed by atoms with Gasteiger partial charge >= 0.3 is 6.09 Å². The number of hydrogen-bond acceptors (Lipinski definition) is 5. The maximum atomic E-state index is 11.9. The zero-order valence-electron chi connectivity index (χ0n) is 12.2. The molecular weight excluding hydrogens is 248 g/mol. The highest BCUT2D eigenvalue weighted by Gasteiger charge is 2.60. The Labute approximate surface area is 113 Å². The van der Waals surface area contributed by atoms with Gasteiger partial charge in [-0.3, -0.25) is 4.79 Å². The Kier molecular flexibility index (Phi) is 3.24. The van der Waals surface area contributed by atoms with Gasteiger partial charge in [-0.2, -0.15) is 0 Å². The Morgan fingerprint density at radius 2 is 2.05 bits per heavy atom. The van der Waals surface area contributed by atoms with Crippen molar-refractivity contribution in [2.75, 3.05) is 13.7 Å². The fourth-order valence-corrected chi connectivity index (χ4v) is 3.35. The second kappa shape index (κ2) is 4.37. The quantitative estimate of drug-likeness (QED) is 0.726. The van der Waals surface area contributed by atoms with Crippen LogP contribution in [-0.2, 0) is 14.3 Å². The fourth-order valence-electron chi connectivity index (χ4n) is 3.35. The molecule has 0 N–H and O–H groups in total. The molecule has 108 valence electrons. The third-order valence-electron chi connectivity index (χ3n) is 4.42. The van der Waals surface area contributed by atoms with E-state index in [2.05, 4.69) is 13.8 Å². The SMILES string of the molecule is COC(=O)N1[C@H]2CC(C)(C)N1C[C@H]2C(C)(C)OC=O. The van der Waals surface area contributed by atoms with Crippen LogP contribution in [0.25, 0.3) is 0 Å². The van der Waals surface area contributed by atoms with Crippen LogP contribution in [0.4, 0.5) is 4.79 Å². The van der Waals surface area contributed by atoms with Crippen molar-refractivity contribution in [3.05, 3.63) is 0 Å². The van der Waals surface area contributed by atoms with Gasteiger partial charge in [0.25, 0.3) is 6.47 Å². The van der Waals surface area contributed by atoms with Crippen molar-refractivity contribution in [1.82, 2.24) is 10.0 Å². The summed E-state index contributed by atoms with van der Waals surface area (Å²) in [6.07, 6.45) is 0.498. The summed E-state index contributed by atoms with van der Waals surface area (Å²) in [5.74, 6) is 0.0878. The van der Waals surface area contributed by atoms with Crippen molar-refractivity contribution in [2.24, 2.45) is 5.92 Å². The van der Waals surface area contributed by atoms with E-state index in [1.54, 1.807) is 5.01 Å². The summed E-state index contributed by atoms with van der Waals surface area (Å²) < 4.78 is 10.1. The third-order valence-corrected chi connectivity index (χ3v) is 4.42. The van der Waals surface area contributed by atoms with Gasteiger partial charge in [-0.05, 0) is 34.1 Å². The van der Waals surface area contributed by atoms with Crippen LogP contribution < -0.4 is 0 Å². The Morgan fingerprint density at radius 1 is 1.42 bits per heavy atom. The van der Waals surface area contributed by atoms with Crippen LogP contribution in [0.2, 0.25) is 0 Å². The number of methoxy groups -OCH3 is 1. The second-order valence-electron chi connectivity index (χ2n) is 6.40. The first-order chi connectivity index (χ1) is 8.74. The molecule has 6 heteroatoms. The van der Waals surface area contributed by atoms with Gasteiger partial charge in [0.1, 0.15) is 5.60 Å². The van der Waals surface area contributed by atoms with Crippen LogP contribution in [0.5, 0.6) is 0 Å². The third kappa shape index (κ3) is 2.08. The Hall–Kier alpha value is -1.30. The Balaban J connectivity index is 2.27. The van der Waals surface area contributed by atoms with E-state index < -0.39 is 5.60 Å². The maximum absolute atomic E-state index is 11.9. The standard InChI is InChI=1S/C13H22N2O4/c1-12(2)6-10-9(13(3,4)19-8-16)7-14(12)15(10)11(17)18-5/h8-10H,6-7H2,1-5H3/t9-,10+/m1/s1. The Bertz CT molecular complexity index is 394. The summed E-state index contributed by atoms with van der Waals surface area (Å²) in [5.41, 5.74) is -0.670. The van der Waals surface area contributed by atoms with Gasteiger partial charge in [-0.25, -0.2) is 14.8 Å². The molecule has 2 rings (SSSR count). The number of hydrogen-bond donors (Lipinski definition) is 0. The topological polar surface area (TPSA) is 59.1 Å². The predicted molar refractivity (Wildman–Crippen MR) is 68.2 cm³/mol. The minimum atomic E-state index is -0.593. The average Bonchev–Trinajstić information content (AvgIpc) is 2.78. The van der Waals surface area contributed by atoms with Gasteiger partial charge in [-0.15, -0.1) is 0 Å². The van der Waals surface area contributed by atoms with Crippen LogP contribution in [0.3, 0.4) is 0 Å². The number of rotatable bonds is 3. The molecule has 6 nitrogen and oxygen atoms in total. The number of amides is 1. The summed E-state index contributed by atoms with van der Waals surface area (Å²) in [6, 6.07) is 0.0115. The summed E-state index contributed by atoms with van der Waals surface area (Å²) in [5, 5.41) is 3.71. The largest absolute Gasteiger partial charge is 0.461 e. The summed E-state index contributed by atoms with van der Waals surface area (Å²) in [7, 11) is 1.39. The molecule has 0 radical (unpaired) electrons. The lowest BCUT2D eigenvalue weighted by Crippen LogP contribution is -2.49. The number of carbonyl (C=O) groups is 2. The lowest BCUT2D eigenvalue weighted by Gasteiger charge is -2.39. The zero-order chi connectivity index (χ0) is 14.4. The molecular formula is C13H22N2O4. The first kappa shape index (κ1) is 14.1. The lowest BCUT2D eigenvalue weighted by atomic mass is 9.78. The van der Waals surface area contributed by atoms with E-state index in [1.807, 2.05) is 18.9 Å². The fraction of sp³-hybridized carbons (Fsp3) is 0.846. The molecule has 2 aliphatic heterocycles. The number of hydrazine groups is 1. The highest BCUT2D eigenvalue weighted by Crippen LogP contribution is 2.48. The van der Waals surface area contributed by atoms with E-state index >= 15 is 0 Å². The van der Waals surface area contributed by atoms with E-state index in [0.29, 0.717) is 13.0 Å². The van der Waals surface area contributed by atoms with E-state index in [4.69, 9.17) is 9.47 Å². The molecule has 0 spiro atoms. The lowest BCUT2D eigenvalue weighted by molar-refractivity contribution is -0.146. The average molecular weight is 270 g/mol. The maximum Gasteiger partial charge on any atom is 0.424 e. The summed E-state index contributed by atoms with van der Waals surface area (Å²) in [6.45, 7) is 9.15. The zero-order valence-corrected chi connectivity index (χ0v) is 12.2. The van der Waals surface area contributed by atoms with Crippen LogP contribution in [-0.4, -0.2) is 53.4 Å². The second-order valence-corrected chi connectivity index (χ2v) is 6.40. The van der Waals surface area contributed by atoms with E-state index in [-0.39, 0.29) is 23.6 Å². The van der Waals surface area contributed by atoms with Gasteiger partial charge in [-0.1, -0.05) is 0 Å². The van der Waals surface area contributed by atoms with Crippen LogP contribution >= 0.6 is 0 Å². The molecule has 2 heterocycles. The van der Waals surface area contributed by atoms with Gasteiger partial charge < -0.3 is 9.47 Å². The van der Waals surface area contributed by atoms with Crippen LogP contribution in [0.1, 0.15) is 34.1 Å². The molecule has 2 aliphatic rings. The smallest absolute Gasteiger partial charge is 0.424 e. The normalized spacial score (nSPS) is 32.3. The van der Waals surface area contributed by atoms with Crippen LogP contribution in [0.15, 0.2) is 0 Å². The van der Waals surface area contributed by atoms with Gasteiger partial charge in [0.2, 0.25) is 0 Å². The number of piperidine rings is 1. The summed E-state index contributed by atoms with van der Waals surface area (Å²) in [4.78, 5) is 22.6. The molecule has 0 aromatic rings. The predicted octanol–water partition coefficient (Wildman–Crippen LogP) is 1.40. The molecule has 0 aromatic carbocycles. The van der Waals surface area contributed by atoms with Crippen molar-refractivity contribution in [2.45, 2.75) is 51.3 Å². The molecule has 1 amide bonds. The van der Waals surface area contributed by atoms with Gasteiger partial charge in [0.15, 0.2) is 0 Å². The minimum Gasteiger partial charge on any atom is -0.461 e.